The monoisotopic (exact) mass is 209 g/mol. The van der Waals surface area contributed by atoms with Crippen LogP contribution in [0.15, 0.2) is 24.3 Å². The zero-order valence-corrected chi connectivity index (χ0v) is 8.60. The maximum Gasteiger partial charge on any atom is 0.317 e. The SMILES string of the molecule is Cc1ccc(C(O)CNCC(=O)O)cc1. The largest absolute Gasteiger partial charge is 0.480 e. The summed E-state index contributed by atoms with van der Waals surface area (Å²) in [4.78, 5) is 10.2. The minimum Gasteiger partial charge on any atom is -0.480 e. The van der Waals surface area contributed by atoms with Gasteiger partial charge >= 0.3 is 5.97 Å². The Labute approximate surface area is 88.6 Å². The Bertz CT molecular complexity index is 321. The van der Waals surface area contributed by atoms with Crippen molar-refractivity contribution >= 4 is 5.97 Å². The highest BCUT2D eigenvalue weighted by Crippen LogP contribution is 2.12. The zero-order valence-electron chi connectivity index (χ0n) is 8.60. The minimum absolute atomic E-state index is 0.136. The van der Waals surface area contributed by atoms with Gasteiger partial charge in [0, 0.05) is 6.54 Å². The number of nitrogens with one attached hydrogen (secondary N) is 1. The number of carboxylic acids is 1. The van der Waals surface area contributed by atoms with E-state index in [1.165, 1.54) is 0 Å². The number of rotatable bonds is 5. The second-order valence-corrected chi connectivity index (χ2v) is 3.45. The molecule has 1 aromatic rings. The molecule has 0 spiro atoms. The molecule has 0 aliphatic carbocycles. The van der Waals surface area contributed by atoms with Gasteiger partial charge in [0.25, 0.3) is 0 Å². The van der Waals surface area contributed by atoms with Crippen LogP contribution in [0.5, 0.6) is 0 Å². The van der Waals surface area contributed by atoms with Crippen LogP contribution in [0.2, 0.25) is 0 Å². The summed E-state index contributed by atoms with van der Waals surface area (Å²) in [6, 6.07) is 7.50. The van der Waals surface area contributed by atoms with Crippen molar-refractivity contribution in [3.8, 4) is 0 Å². The molecule has 0 aromatic heterocycles. The highest BCUT2D eigenvalue weighted by atomic mass is 16.4. The Hall–Kier alpha value is -1.39. The maximum absolute atomic E-state index is 10.2. The van der Waals surface area contributed by atoms with Crippen LogP contribution in [0.25, 0.3) is 0 Å². The van der Waals surface area contributed by atoms with Crippen molar-refractivity contribution in [2.24, 2.45) is 0 Å². The van der Waals surface area contributed by atoms with Gasteiger partial charge in [-0.1, -0.05) is 29.8 Å². The van der Waals surface area contributed by atoms with Gasteiger partial charge in [-0.25, -0.2) is 0 Å². The van der Waals surface area contributed by atoms with Crippen LogP contribution in [0.4, 0.5) is 0 Å². The first-order chi connectivity index (χ1) is 7.09. The number of benzene rings is 1. The average Bonchev–Trinajstić information content (AvgIpc) is 2.18. The van der Waals surface area contributed by atoms with E-state index >= 15 is 0 Å². The molecule has 0 radical (unpaired) electrons. The lowest BCUT2D eigenvalue weighted by Gasteiger charge is -2.11. The molecule has 0 amide bonds. The van der Waals surface area contributed by atoms with E-state index < -0.39 is 12.1 Å². The van der Waals surface area contributed by atoms with Crippen molar-refractivity contribution in [1.82, 2.24) is 5.32 Å². The molecule has 0 aliphatic heterocycles. The lowest BCUT2D eigenvalue weighted by Crippen LogP contribution is -2.27. The molecule has 3 N–H and O–H groups in total. The fraction of sp³-hybridized carbons (Fsp3) is 0.364. The molecule has 4 nitrogen and oxygen atoms in total. The highest BCUT2D eigenvalue weighted by Gasteiger charge is 2.06. The minimum atomic E-state index is -0.925. The van der Waals surface area contributed by atoms with Crippen molar-refractivity contribution in [3.63, 3.8) is 0 Å². The van der Waals surface area contributed by atoms with Gasteiger partial charge in [0.1, 0.15) is 0 Å². The van der Waals surface area contributed by atoms with Crippen molar-refractivity contribution in [2.75, 3.05) is 13.1 Å². The van der Waals surface area contributed by atoms with Crippen LogP contribution < -0.4 is 5.32 Å². The molecule has 1 atom stereocenters. The molecule has 0 heterocycles. The third-order valence-corrected chi connectivity index (χ3v) is 2.08. The second-order valence-electron chi connectivity index (χ2n) is 3.45. The number of carboxylic acid groups (broad SMARTS) is 1. The Balaban J connectivity index is 2.43. The summed E-state index contributed by atoms with van der Waals surface area (Å²) in [5.41, 5.74) is 1.92. The first-order valence-corrected chi connectivity index (χ1v) is 4.76. The van der Waals surface area contributed by atoms with E-state index in [4.69, 9.17) is 5.11 Å². The third-order valence-electron chi connectivity index (χ3n) is 2.08. The molecule has 1 rings (SSSR count). The first kappa shape index (κ1) is 11.7. The van der Waals surface area contributed by atoms with E-state index in [-0.39, 0.29) is 13.1 Å². The van der Waals surface area contributed by atoms with E-state index in [0.717, 1.165) is 11.1 Å². The number of hydrogen-bond acceptors (Lipinski definition) is 3. The van der Waals surface area contributed by atoms with E-state index in [1.807, 2.05) is 31.2 Å². The third kappa shape index (κ3) is 4.10. The molecule has 0 saturated heterocycles. The number of aryl methyl sites for hydroxylation is 1. The summed E-state index contributed by atoms with van der Waals surface area (Å²) in [5.74, 6) is -0.925. The van der Waals surface area contributed by atoms with E-state index in [2.05, 4.69) is 5.32 Å². The zero-order chi connectivity index (χ0) is 11.3. The van der Waals surface area contributed by atoms with Crippen LogP contribution in [-0.4, -0.2) is 29.3 Å². The predicted octanol–water partition coefficient (Wildman–Crippen LogP) is 0.703. The fourth-order valence-corrected chi connectivity index (χ4v) is 1.22. The van der Waals surface area contributed by atoms with Crippen molar-refractivity contribution in [2.45, 2.75) is 13.0 Å². The summed E-state index contributed by atoms with van der Waals surface area (Å²) in [5, 5.41) is 20.7. The second kappa shape index (κ2) is 5.48. The molecule has 4 heteroatoms. The molecular weight excluding hydrogens is 194 g/mol. The summed E-state index contributed by atoms with van der Waals surface area (Å²) < 4.78 is 0. The predicted molar refractivity (Wildman–Crippen MR) is 56.6 cm³/mol. The maximum atomic E-state index is 10.2. The van der Waals surface area contributed by atoms with E-state index in [9.17, 15) is 9.90 Å². The standard InChI is InChI=1S/C11H15NO3/c1-8-2-4-9(5-3-8)10(13)6-12-7-11(14)15/h2-5,10,12-13H,6-7H2,1H3,(H,14,15). The van der Waals surface area contributed by atoms with Crippen LogP contribution in [0.3, 0.4) is 0 Å². The number of aliphatic hydroxyl groups is 1. The first-order valence-electron chi connectivity index (χ1n) is 4.76. The van der Waals surface area contributed by atoms with Crippen molar-refractivity contribution in [1.29, 1.82) is 0 Å². The Kier molecular flexibility index (Phi) is 4.27. The molecule has 82 valence electrons. The topological polar surface area (TPSA) is 69.6 Å². The molecule has 0 saturated carbocycles. The van der Waals surface area contributed by atoms with Gasteiger partial charge in [-0.15, -0.1) is 0 Å². The molecule has 15 heavy (non-hydrogen) atoms. The van der Waals surface area contributed by atoms with Gasteiger partial charge in [0.05, 0.1) is 12.6 Å². The molecular formula is C11H15NO3. The van der Waals surface area contributed by atoms with E-state index in [0.29, 0.717) is 0 Å². The molecule has 0 bridgehead atoms. The van der Waals surface area contributed by atoms with Gasteiger partial charge < -0.3 is 15.5 Å². The van der Waals surface area contributed by atoms with Crippen LogP contribution in [-0.2, 0) is 4.79 Å². The van der Waals surface area contributed by atoms with E-state index in [1.54, 1.807) is 0 Å². The van der Waals surface area contributed by atoms with Gasteiger partial charge in [0.2, 0.25) is 0 Å². The molecule has 0 aliphatic rings. The lowest BCUT2D eigenvalue weighted by atomic mass is 10.1. The van der Waals surface area contributed by atoms with Gasteiger partial charge in [-0.2, -0.15) is 0 Å². The normalized spacial score (nSPS) is 12.4. The van der Waals surface area contributed by atoms with Crippen molar-refractivity contribution in [3.05, 3.63) is 35.4 Å². The molecule has 1 unspecified atom stereocenters. The summed E-state index contributed by atoms with van der Waals surface area (Å²) in [6.07, 6.45) is -0.662. The summed E-state index contributed by atoms with van der Waals surface area (Å²) >= 11 is 0. The number of carbonyl (C=O) groups is 1. The lowest BCUT2D eigenvalue weighted by molar-refractivity contribution is -0.136. The van der Waals surface area contributed by atoms with Crippen LogP contribution in [0.1, 0.15) is 17.2 Å². The Morgan fingerprint density at radius 2 is 2.00 bits per heavy atom. The highest BCUT2D eigenvalue weighted by molar-refractivity contribution is 5.68. The average molecular weight is 209 g/mol. The fourth-order valence-electron chi connectivity index (χ4n) is 1.22. The smallest absolute Gasteiger partial charge is 0.317 e. The number of hydrogen-bond donors (Lipinski definition) is 3. The van der Waals surface area contributed by atoms with Crippen LogP contribution >= 0.6 is 0 Å². The van der Waals surface area contributed by atoms with Gasteiger partial charge in [-0.3, -0.25) is 4.79 Å². The molecule has 0 fully saturated rings. The number of aliphatic hydroxyl groups excluding tert-OH is 1. The quantitative estimate of drug-likeness (QED) is 0.667. The summed E-state index contributed by atoms with van der Waals surface area (Å²) in [6.45, 7) is 2.08. The van der Waals surface area contributed by atoms with Gasteiger partial charge in [0.15, 0.2) is 0 Å². The van der Waals surface area contributed by atoms with Crippen LogP contribution in [0, 0.1) is 6.92 Å². The van der Waals surface area contributed by atoms with Gasteiger partial charge in [-0.05, 0) is 12.5 Å². The van der Waals surface area contributed by atoms with Crippen molar-refractivity contribution < 1.29 is 15.0 Å². The molecule has 1 aromatic carbocycles. The summed E-state index contributed by atoms with van der Waals surface area (Å²) in [7, 11) is 0. The number of aliphatic carboxylic acids is 1. The Morgan fingerprint density at radius 3 is 2.53 bits per heavy atom. The Morgan fingerprint density at radius 1 is 1.40 bits per heavy atom.